The highest BCUT2D eigenvalue weighted by molar-refractivity contribution is 5.93. The predicted octanol–water partition coefficient (Wildman–Crippen LogP) is 18.7. The molecule has 0 radical (unpaired) electrons. The Bertz CT molecular complexity index is 3150. The van der Waals surface area contributed by atoms with Crippen molar-refractivity contribution in [2.75, 3.05) is 9.80 Å². The smallest absolute Gasteiger partial charge is 0.0464 e. The third-order valence-corrected chi connectivity index (χ3v) is 12.9. The fourth-order valence-electron chi connectivity index (χ4n) is 9.18. The van der Waals surface area contributed by atoms with Gasteiger partial charge in [-0.05, 0) is 179 Å². The van der Waals surface area contributed by atoms with Crippen molar-refractivity contribution in [3.05, 3.63) is 310 Å². The first-order chi connectivity index (χ1) is 34.3. The lowest BCUT2D eigenvalue weighted by atomic mass is 9.95. The third kappa shape index (κ3) is 10.4. The Hall–Kier alpha value is -8.72. The second-order valence-electron chi connectivity index (χ2n) is 18.2. The minimum absolute atomic E-state index is 1.09. The Labute approximate surface area is 414 Å². The lowest BCUT2D eigenvalue weighted by molar-refractivity contribution is 1.27. The van der Waals surface area contributed by atoms with E-state index in [-0.39, 0.29) is 0 Å². The van der Waals surface area contributed by atoms with Crippen LogP contribution in [0.4, 0.5) is 34.1 Å². The first kappa shape index (κ1) is 45.1. The van der Waals surface area contributed by atoms with E-state index in [1.54, 1.807) is 0 Å². The molecule has 0 aromatic heterocycles. The molecule has 0 saturated carbocycles. The van der Waals surface area contributed by atoms with E-state index in [0.29, 0.717) is 0 Å². The van der Waals surface area contributed by atoms with Crippen LogP contribution in [0.25, 0.3) is 34.4 Å². The van der Waals surface area contributed by atoms with Crippen molar-refractivity contribution in [3.8, 4) is 11.1 Å². The Morgan fingerprint density at radius 1 is 0.257 bits per heavy atom. The van der Waals surface area contributed by atoms with E-state index in [1.165, 1.54) is 55.7 Å². The molecule has 70 heavy (non-hydrogen) atoms. The summed E-state index contributed by atoms with van der Waals surface area (Å²) in [5.41, 5.74) is 23.4. The Morgan fingerprint density at radius 2 is 0.571 bits per heavy atom. The molecular weight excluding hydrogens is 845 g/mol. The second kappa shape index (κ2) is 20.7. The minimum Gasteiger partial charge on any atom is -0.310 e. The summed E-state index contributed by atoms with van der Waals surface area (Å²) < 4.78 is 0. The van der Waals surface area contributed by atoms with Crippen LogP contribution >= 0.6 is 0 Å². The van der Waals surface area contributed by atoms with Crippen LogP contribution < -0.4 is 9.80 Å². The van der Waals surface area contributed by atoms with Crippen LogP contribution in [-0.2, 0) is 0 Å². The quantitative estimate of drug-likeness (QED) is 0.106. The number of nitrogens with zero attached hydrogens (tertiary/aromatic N) is 2. The molecule has 10 rings (SSSR count). The molecule has 0 aliphatic heterocycles. The van der Waals surface area contributed by atoms with Gasteiger partial charge in [0.05, 0.1) is 0 Å². The van der Waals surface area contributed by atoms with Crippen LogP contribution in [0.15, 0.2) is 255 Å². The zero-order valence-corrected chi connectivity index (χ0v) is 40.3. The SMILES string of the molecule is Cc1ccc(C(=Cc2ccc(N(c3ccc(-c4ccc(N(c5ccc(C=C(c6ccccc6)c6ccc(C)cc6)cc5)c5cccc(C)c5)cc4)cc3)c3cccc(C)c3)cc2)c2ccccc2)cc1. The standard InChI is InChI=1S/C68H56N2/c1-49-21-29-59(30-22-49)67(57-15-7-5-8-16-57)47-53-25-37-61(38-26-53)69(65-19-11-13-51(3)45-65)63-41-33-55(34-42-63)56-35-43-64(44-36-56)70(66-20-12-14-52(4)46-66)62-39-27-54(28-40-62)48-68(58-17-9-6-10-18-58)60-31-23-50(2)24-32-60/h5-48H,1-4H3. The van der Waals surface area contributed by atoms with Gasteiger partial charge in [0.1, 0.15) is 0 Å². The predicted molar refractivity (Wildman–Crippen MR) is 300 cm³/mol. The summed E-state index contributed by atoms with van der Waals surface area (Å²) in [7, 11) is 0. The van der Waals surface area contributed by atoms with E-state index in [0.717, 1.165) is 56.4 Å². The summed E-state index contributed by atoms with van der Waals surface area (Å²) >= 11 is 0. The summed E-state index contributed by atoms with van der Waals surface area (Å²) in [6.45, 7) is 8.57. The van der Waals surface area contributed by atoms with Crippen molar-refractivity contribution in [2.24, 2.45) is 0 Å². The van der Waals surface area contributed by atoms with Gasteiger partial charge in [-0.15, -0.1) is 0 Å². The Kier molecular flexibility index (Phi) is 13.3. The molecule has 0 bridgehead atoms. The summed E-state index contributed by atoms with van der Waals surface area (Å²) in [6.07, 6.45) is 4.59. The molecule has 0 atom stereocenters. The van der Waals surface area contributed by atoms with Crippen molar-refractivity contribution >= 4 is 57.4 Å². The minimum atomic E-state index is 1.09. The van der Waals surface area contributed by atoms with Gasteiger partial charge in [0, 0.05) is 34.1 Å². The van der Waals surface area contributed by atoms with Gasteiger partial charge in [0.2, 0.25) is 0 Å². The molecule has 0 heterocycles. The number of rotatable bonds is 13. The highest BCUT2D eigenvalue weighted by Crippen LogP contribution is 2.39. The molecule has 0 spiro atoms. The highest BCUT2D eigenvalue weighted by atomic mass is 15.1. The number of hydrogen-bond donors (Lipinski definition) is 0. The fourth-order valence-corrected chi connectivity index (χ4v) is 9.18. The van der Waals surface area contributed by atoms with Crippen LogP contribution in [0.1, 0.15) is 55.6 Å². The lowest BCUT2D eigenvalue weighted by Crippen LogP contribution is -2.10. The van der Waals surface area contributed by atoms with Gasteiger partial charge in [0.15, 0.2) is 0 Å². The molecule has 0 amide bonds. The molecule has 10 aromatic rings. The first-order valence-electron chi connectivity index (χ1n) is 24.1. The summed E-state index contributed by atoms with van der Waals surface area (Å²) in [6, 6.07) is 92.1. The van der Waals surface area contributed by atoms with Crippen LogP contribution in [0.2, 0.25) is 0 Å². The maximum Gasteiger partial charge on any atom is 0.0464 e. The van der Waals surface area contributed by atoms with E-state index in [1.807, 2.05) is 0 Å². The molecule has 0 fully saturated rings. The fraction of sp³-hybridized carbons (Fsp3) is 0.0588. The van der Waals surface area contributed by atoms with Gasteiger partial charge in [0.25, 0.3) is 0 Å². The molecule has 2 heteroatoms. The van der Waals surface area contributed by atoms with E-state index in [2.05, 4.69) is 304 Å². The second-order valence-corrected chi connectivity index (χ2v) is 18.2. The summed E-state index contributed by atoms with van der Waals surface area (Å²) in [5, 5.41) is 0. The summed E-state index contributed by atoms with van der Waals surface area (Å²) in [5.74, 6) is 0. The van der Waals surface area contributed by atoms with E-state index in [9.17, 15) is 0 Å². The van der Waals surface area contributed by atoms with Gasteiger partial charge in [-0.3, -0.25) is 0 Å². The van der Waals surface area contributed by atoms with E-state index >= 15 is 0 Å². The normalized spacial score (nSPS) is 11.6. The van der Waals surface area contributed by atoms with Crippen molar-refractivity contribution in [1.29, 1.82) is 0 Å². The molecule has 0 N–H and O–H groups in total. The molecular formula is C68H56N2. The van der Waals surface area contributed by atoms with Crippen molar-refractivity contribution in [2.45, 2.75) is 27.7 Å². The van der Waals surface area contributed by atoms with Crippen molar-refractivity contribution in [1.82, 2.24) is 0 Å². The average molecular weight is 901 g/mol. The van der Waals surface area contributed by atoms with Crippen LogP contribution in [0, 0.1) is 27.7 Å². The average Bonchev–Trinajstić information content (AvgIpc) is 3.40. The molecule has 0 saturated heterocycles. The monoisotopic (exact) mass is 900 g/mol. The van der Waals surface area contributed by atoms with Gasteiger partial charge < -0.3 is 9.80 Å². The Morgan fingerprint density at radius 3 is 0.900 bits per heavy atom. The first-order valence-corrected chi connectivity index (χ1v) is 24.1. The van der Waals surface area contributed by atoms with Gasteiger partial charge in [-0.2, -0.15) is 0 Å². The molecule has 0 aliphatic rings. The third-order valence-electron chi connectivity index (χ3n) is 12.9. The van der Waals surface area contributed by atoms with Gasteiger partial charge in [-0.25, -0.2) is 0 Å². The van der Waals surface area contributed by atoms with Crippen LogP contribution in [0.3, 0.4) is 0 Å². The van der Waals surface area contributed by atoms with Crippen LogP contribution in [-0.4, -0.2) is 0 Å². The lowest BCUT2D eigenvalue weighted by Gasteiger charge is -2.27. The van der Waals surface area contributed by atoms with E-state index < -0.39 is 0 Å². The summed E-state index contributed by atoms with van der Waals surface area (Å²) in [4.78, 5) is 4.69. The topological polar surface area (TPSA) is 6.48 Å². The molecule has 2 nitrogen and oxygen atoms in total. The number of hydrogen-bond acceptors (Lipinski definition) is 2. The molecule has 0 unspecified atom stereocenters. The Balaban J connectivity index is 0.935. The van der Waals surface area contributed by atoms with Crippen molar-refractivity contribution < 1.29 is 0 Å². The zero-order valence-electron chi connectivity index (χ0n) is 40.3. The van der Waals surface area contributed by atoms with E-state index in [4.69, 9.17) is 0 Å². The number of anilines is 6. The molecule has 338 valence electrons. The van der Waals surface area contributed by atoms with Gasteiger partial charge >= 0.3 is 0 Å². The maximum atomic E-state index is 2.34. The number of aryl methyl sites for hydroxylation is 4. The zero-order chi connectivity index (χ0) is 47.8. The molecule has 10 aromatic carbocycles. The largest absolute Gasteiger partial charge is 0.310 e. The molecule has 0 aliphatic carbocycles. The van der Waals surface area contributed by atoms with Crippen LogP contribution in [0.5, 0.6) is 0 Å². The maximum absolute atomic E-state index is 2.34. The van der Waals surface area contributed by atoms with Gasteiger partial charge in [-0.1, -0.05) is 193 Å². The number of benzene rings is 10. The highest BCUT2D eigenvalue weighted by Gasteiger charge is 2.16. The van der Waals surface area contributed by atoms with Crippen molar-refractivity contribution in [3.63, 3.8) is 0 Å².